The molecule has 152 valence electrons. The second-order valence-corrected chi connectivity index (χ2v) is 8.67. The van der Waals surface area contributed by atoms with E-state index in [4.69, 9.17) is 0 Å². The van der Waals surface area contributed by atoms with Crippen molar-refractivity contribution in [2.24, 2.45) is 0 Å². The standard InChI is InChI=1S/C19H19FN4O4S/c20-13-5-1-4-8-17(13)29(27,28)21-10-18(25)22-12-9-16-19(26)23-14-6-2-3-7-15(14)24(16)11-12/h1-8,12,16,21H,9-11H2,(H,22,25)(H,23,26). The summed E-state index contributed by atoms with van der Waals surface area (Å²) in [4.78, 5) is 26.0. The molecule has 0 bridgehead atoms. The summed E-state index contributed by atoms with van der Waals surface area (Å²) in [6, 6.07) is 11.6. The van der Waals surface area contributed by atoms with Crippen LogP contribution >= 0.6 is 0 Å². The Bertz CT molecular complexity index is 1080. The van der Waals surface area contributed by atoms with Crippen LogP contribution in [0.5, 0.6) is 0 Å². The van der Waals surface area contributed by atoms with Gasteiger partial charge in [0.2, 0.25) is 21.8 Å². The van der Waals surface area contributed by atoms with Gasteiger partial charge in [-0.3, -0.25) is 9.59 Å². The normalized spacial score (nSPS) is 20.6. The molecule has 8 nitrogen and oxygen atoms in total. The Kier molecular flexibility index (Phi) is 4.97. The minimum absolute atomic E-state index is 0.138. The Hall–Kier alpha value is -2.98. The third kappa shape index (κ3) is 3.81. The quantitative estimate of drug-likeness (QED) is 0.667. The summed E-state index contributed by atoms with van der Waals surface area (Å²) >= 11 is 0. The zero-order chi connectivity index (χ0) is 20.6. The van der Waals surface area contributed by atoms with Gasteiger partial charge in [-0.05, 0) is 30.7 Å². The second-order valence-electron chi connectivity index (χ2n) is 6.93. The van der Waals surface area contributed by atoms with Crippen LogP contribution in [-0.2, 0) is 19.6 Å². The zero-order valence-electron chi connectivity index (χ0n) is 15.3. The van der Waals surface area contributed by atoms with E-state index in [1.54, 1.807) is 0 Å². The first kappa shape index (κ1) is 19.3. The molecule has 0 aliphatic carbocycles. The van der Waals surface area contributed by atoms with E-state index in [2.05, 4.69) is 15.4 Å². The van der Waals surface area contributed by atoms with Gasteiger partial charge in [0.25, 0.3) is 0 Å². The van der Waals surface area contributed by atoms with Crippen LogP contribution in [0.15, 0.2) is 53.4 Å². The van der Waals surface area contributed by atoms with Crippen molar-refractivity contribution >= 4 is 33.2 Å². The van der Waals surface area contributed by atoms with E-state index < -0.39 is 39.2 Å². The number of nitrogens with zero attached hydrogens (tertiary/aromatic N) is 1. The molecule has 4 rings (SSSR count). The highest BCUT2D eigenvalue weighted by Crippen LogP contribution is 2.36. The number of benzene rings is 2. The van der Waals surface area contributed by atoms with E-state index in [1.807, 2.05) is 29.2 Å². The van der Waals surface area contributed by atoms with Crippen LogP contribution in [0.3, 0.4) is 0 Å². The van der Waals surface area contributed by atoms with Crippen molar-refractivity contribution in [1.29, 1.82) is 0 Å². The molecule has 0 saturated carbocycles. The molecular formula is C19H19FN4O4S. The van der Waals surface area contributed by atoms with Crippen LogP contribution in [0.2, 0.25) is 0 Å². The summed E-state index contributed by atoms with van der Waals surface area (Å²) in [5.41, 5.74) is 1.60. The van der Waals surface area contributed by atoms with Crippen molar-refractivity contribution in [2.45, 2.75) is 23.4 Å². The molecule has 2 atom stereocenters. The van der Waals surface area contributed by atoms with Crippen LogP contribution in [0.25, 0.3) is 0 Å². The van der Waals surface area contributed by atoms with E-state index in [0.717, 1.165) is 23.5 Å². The fraction of sp³-hybridized carbons (Fsp3) is 0.263. The first-order valence-corrected chi connectivity index (χ1v) is 10.5. The molecule has 0 radical (unpaired) electrons. The Labute approximate surface area is 167 Å². The number of rotatable bonds is 5. The highest BCUT2D eigenvalue weighted by molar-refractivity contribution is 7.89. The molecule has 3 N–H and O–H groups in total. The Morgan fingerprint density at radius 3 is 2.69 bits per heavy atom. The monoisotopic (exact) mass is 418 g/mol. The number of amides is 2. The van der Waals surface area contributed by atoms with Gasteiger partial charge in [0.05, 0.1) is 17.9 Å². The highest BCUT2D eigenvalue weighted by atomic mass is 32.2. The number of carbonyl (C=O) groups is 2. The molecule has 2 unspecified atom stereocenters. The van der Waals surface area contributed by atoms with Crippen molar-refractivity contribution < 1.29 is 22.4 Å². The first-order chi connectivity index (χ1) is 13.8. The maximum absolute atomic E-state index is 13.7. The van der Waals surface area contributed by atoms with Crippen molar-refractivity contribution in [1.82, 2.24) is 10.0 Å². The van der Waals surface area contributed by atoms with Crippen LogP contribution in [-0.4, -0.2) is 45.4 Å². The molecular weight excluding hydrogens is 399 g/mol. The van der Waals surface area contributed by atoms with Crippen molar-refractivity contribution in [3.05, 3.63) is 54.3 Å². The largest absolute Gasteiger partial charge is 0.356 e. The van der Waals surface area contributed by atoms with Gasteiger partial charge in [0.1, 0.15) is 16.8 Å². The molecule has 0 aromatic heterocycles. The predicted molar refractivity (Wildman–Crippen MR) is 104 cm³/mol. The van der Waals surface area contributed by atoms with Crippen molar-refractivity contribution in [2.75, 3.05) is 23.3 Å². The first-order valence-electron chi connectivity index (χ1n) is 9.05. The highest BCUT2D eigenvalue weighted by Gasteiger charge is 2.41. The maximum atomic E-state index is 13.7. The summed E-state index contributed by atoms with van der Waals surface area (Å²) in [7, 11) is -4.15. The van der Waals surface area contributed by atoms with Gasteiger partial charge in [-0.2, -0.15) is 0 Å². The molecule has 10 heteroatoms. The van der Waals surface area contributed by atoms with Gasteiger partial charge in [0, 0.05) is 12.6 Å². The Morgan fingerprint density at radius 1 is 1.17 bits per heavy atom. The number of anilines is 2. The van der Waals surface area contributed by atoms with Gasteiger partial charge in [-0.15, -0.1) is 0 Å². The lowest BCUT2D eigenvalue weighted by atomic mass is 10.1. The number of sulfonamides is 1. The van der Waals surface area contributed by atoms with Crippen LogP contribution < -0.4 is 20.3 Å². The molecule has 2 aliphatic rings. The van der Waals surface area contributed by atoms with E-state index in [0.29, 0.717) is 13.0 Å². The van der Waals surface area contributed by atoms with Gasteiger partial charge in [-0.25, -0.2) is 17.5 Å². The molecule has 1 fully saturated rings. The third-order valence-electron chi connectivity index (χ3n) is 4.99. The van der Waals surface area contributed by atoms with E-state index in [-0.39, 0.29) is 11.9 Å². The number of carbonyl (C=O) groups excluding carboxylic acids is 2. The fourth-order valence-corrected chi connectivity index (χ4v) is 4.74. The summed E-state index contributed by atoms with van der Waals surface area (Å²) in [5, 5.41) is 5.60. The average molecular weight is 418 g/mol. The maximum Gasteiger partial charge on any atom is 0.247 e. The summed E-state index contributed by atoms with van der Waals surface area (Å²) < 4.78 is 40.2. The van der Waals surface area contributed by atoms with E-state index in [1.165, 1.54) is 12.1 Å². The predicted octanol–water partition coefficient (Wildman–Crippen LogP) is 0.820. The third-order valence-corrected chi connectivity index (χ3v) is 6.42. The molecule has 2 aliphatic heterocycles. The molecule has 2 aromatic rings. The Balaban J connectivity index is 1.38. The number of hydrogen-bond acceptors (Lipinski definition) is 5. The van der Waals surface area contributed by atoms with E-state index in [9.17, 15) is 22.4 Å². The average Bonchev–Trinajstić information content (AvgIpc) is 3.11. The minimum atomic E-state index is -4.15. The minimum Gasteiger partial charge on any atom is -0.356 e. The number of nitrogens with one attached hydrogen (secondary N) is 3. The van der Waals surface area contributed by atoms with Crippen LogP contribution in [0, 0.1) is 5.82 Å². The lowest BCUT2D eigenvalue weighted by molar-refractivity contribution is -0.121. The smallest absolute Gasteiger partial charge is 0.247 e. The number of fused-ring (bicyclic) bond motifs is 3. The van der Waals surface area contributed by atoms with Gasteiger partial charge in [0.15, 0.2) is 0 Å². The number of halogens is 1. The second kappa shape index (κ2) is 7.45. The molecule has 2 aromatic carbocycles. The summed E-state index contributed by atoms with van der Waals surface area (Å²) in [6.07, 6.45) is 0.409. The van der Waals surface area contributed by atoms with Crippen molar-refractivity contribution in [3.8, 4) is 0 Å². The molecule has 29 heavy (non-hydrogen) atoms. The van der Waals surface area contributed by atoms with Crippen molar-refractivity contribution in [3.63, 3.8) is 0 Å². The topological polar surface area (TPSA) is 108 Å². The van der Waals surface area contributed by atoms with Gasteiger partial charge < -0.3 is 15.5 Å². The summed E-state index contributed by atoms with van der Waals surface area (Å²) in [5.74, 6) is -1.58. The van der Waals surface area contributed by atoms with Gasteiger partial charge in [-0.1, -0.05) is 24.3 Å². The fourth-order valence-electron chi connectivity index (χ4n) is 3.68. The molecule has 2 amide bonds. The SMILES string of the molecule is O=C(CNS(=O)(=O)c1ccccc1F)NC1CC2C(=O)Nc3ccccc3N2C1. The number of para-hydroxylation sites is 2. The number of hydrogen-bond donors (Lipinski definition) is 3. The molecule has 1 saturated heterocycles. The molecule has 0 spiro atoms. The van der Waals surface area contributed by atoms with Crippen LogP contribution in [0.4, 0.5) is 15.8 Å². The lowest BCUT2D eigenvalue weighted by Gasteiger charge is -2.32. The summed E-state index contributed by atoms with van der Waals surface area (Å²) in [6.45, 7) is -0.0957. The lowest BCUT2D eigenvalue weighted by Crippen LogP contribution is -2.44. The Morgan fingerprint density at radius 2 is 1.90 bits per heavy atom. The molecule has 2 heterocycles. The zero-order valence-corrected chi connectivity index (χ0v) is 16.1. The van der Waals surface area contributed by atoms with Gasteiger partial charge >= 0.3 is 0 Å². The van der Waals surface area contributed by atoms with Crippen LogP contribution in [0.1, 0.15) is 6.42 Å². The van der Waals surface area contributed by atoms with E-state index >= 15 is 0 Å².